The van der Waals surface area contributed by atoms with Gasteiger partial charge in [-0.2, -0.15) is 16.3 Å². The van der Waals surface area contributed by atoms with Crippen LogP contribution in [0.2, 0.25) is 0 Å². The van der Waals surface area contributed by atoms with E-state index in [1.165, 1.54) is 0 Å². The molecule has 0 atom stereocenters. The standard InChI is InChI=1S/C16H19N3O4S2/c20-14(19-7-9-25(21,22)11-16(19)5-1-6-16)3-2-13-17-15(18-23-13)12-4-8-24-10-12/h4,8,10H,1-3,5-7,9,11H2. The second-order valence-electron chi connectivity index (χ2n) is 6.74. The molecule has 2 aromatic rings. The molecule has 1 aliphatic carbocycles. The molecule has 2 aliphatic rings. The first-order chi connectivity index (χ1) is 12.0. The van der Waals surface area contributed by atoms with Gasteiger partial charge in [-0.3, -0.25) is 4.79 Å². The van der Waals surface area contributed by atoms with Gasteiger partial charge in [0.05, 0.1) is 17.0 Å². The molecule has 0 N–H and O–H groups in total. The van der Waals surface area contributed by atoms with Crippen LogP contribution in [-0.2, 0) is 21.1 Å². The van der Waals surface area contributed by atoms with Crippen molar-refractivity contribution >= 4 is 27.1 Å². The molecule has 0 aromatic carbocycles. The van der Waals surface area contributed by atoms with Gasteiger partial charge >= 0.3 is 0 Å². The highest BCUT2D eigenvalue weighted by Gasteiger charge is 2.50. The Morgan fingerprint density at radius 2 is 2.24 bits per heavy atom. The molecular formula is C16H19N3O4S2. The van der Waals surface area contributed by atoms with Crippen molar-refractivity contribution in [1.29, 1.82) is 0 Å². The highest BCUT2D eigenvalue weighted by molar-refractivity contribution is 7.91. The predicted octanol–water partition coefficient (Wildman–Crippen LogP) is 1.91. The summed E-state index contributed by atoms with van der Waals surface area (Å²) in [6.07, 6.45) is 3.16. The number of sulfone groups is 1. The molecule has 2 aromatic heterocycles. The quantitative estimate of drug-likeness (QED) is 0.803. The van der Waals surface area contributed by atoms with Gasteiger partial charge in [-0.05, 0) is 30.7 Å². The summed E-state index contributed by atoms with van der Waals surface area (Å²) >= 11 is 1.56. The first-order valence-electron chi connectivity index (χ1n) is 8.34. The van der Waals surface area contributed by atoms with Gasteiger partial charge in [-0.15, -0.1) is 0 Å². The van der Waals surface area contributed by atoms with Crippen molar-refractivity contribution in [3.05, 3.63) is 22.7 Å². The average molecular weight is 381 g/mol. The van der Waals surface area contributed by atoms with Crippen molar-refractivity contribution in [3.8, 4) is 11.4 Å². The molecule has 0 bridgehead atoms. The molecule has 2 fully saturated rings. The summed E-state index contributed by atoms with van der Waals surface area (Å²) in [6.45, 7) is 0.297. The molecule has 1 spiro atoms. The number of hydrogen-bond donors (Lipinski definition) is 0. The Morgan fingerprint density at radius 3 is 2.92 bits per heavy atom. The van der Waals surface area contributed by atoms with Crippen molar-refractivity contribution < 1.29 is 17.7 Å². The zero-order chi connectivity index (χ0) is 17.5. The van der Waals surface area contributed by atoms with Gasteiger partial charge in [-0.25, -0.2) is 8.42 Å². The van der Waals surface area contributed by atoms with Crippen LogP contribution in [0.3, 0.4) is 0 Å². The Labute approximate surface area is 149 Å². The minimum absolute atomic E-state index is 0.0233. The molecule has 3 heterocycles. The van der Waals surface area contributed by atoms with Crippen LogP contribution in [0, 0.1) is 0 Å². The first kappa shape index (κ1) is 16.7. The molecule has 0 unspecified atom stereocenters. The summed E-state index contributed by atoms with van der Waals surface area (Å²) in [5, 5.41) is 7.82. The van der Waals surface area contributed by atoms with Crippen molar-refractivity contribution in [2.24, 2.45) is 0 Å². The number of aryl methyl sites for hydroxylation is 1. The zero-order valence-corrected chi connectivity index (χ0v) is 15.3. The normalized spacial score (nSPS) is 21.2. The summed E-state index contributed by atoms with van der Waals surface area (Å²) in [6, 6.07) is 1.92. The van der Waals surface area contributed by atoms with E-state index in [0.717, 1.165) is 24.8 Å². The summed E-state index contributed by atoms with van der Waals surface area (Å²) in [4.78, 5) is 18.8. The summed E-state index contributed by atoms with van der Waals surface area (Å²) < 4.78 is 29.1. The van der Waals surface area contributed by atoms with E-state index < -0.39 is 15.4 Å². The van der Waals surface area contributed by atoms with E-state index in [4.69, 9.17) is 4.52 Å². The Morgan fingerprint density at radius 1 is 1.40 bits per heavy atom. The van der Waals surface area contributed by atoms with Crippen LogP contribution in [0.5, 0.6) is 0 Å². The number of rotatable bonds is 4. The lowest BCUT2D eigenvalue weighted by molar-refractivity contribution is -0.140. The van der Waals surface area contributed by atoms with E-state index in [2.05, 4.69) is 10.1 Å². The van der Waals surface area contributed by atoms with Gasteiger partial charge in [0.1, 0.15) is 0 Å². The maximum atomic E-state index is 12.7. The Kier molecular flexibility index (Phi) is 4.15. The molecule has 25 heavy (non-hydrogen) atoms. The maximum Gasteiger partial charge on any atom is 0.227 e. The average Bonchev–Trinajstić information content (AvgIpc) is 3.21. The van der Waals surface area contributed by atoms with E-state index >= 15 is 0 Å². The SMILES string of the molecule is O=C(CCc1nc(-c2ccsc2)no1)N1CCS(=O)(=O)CC12CCC2. The van der Waals surface area contributed by atoms with Crippen LogP contribution in [0.1, 0.15) is 31.6 Å². The van der Waals surface area contributed by atoms with Crippen LogP contribution in [0.15, 0.2) is 21.3 Å². The topological polar surface area (TPSA) is 93.4 Å². The number of nitrogens with zero attached hydrogens (tertiary/aromatic N) is 3. The van der Waals surface area contributed by atoms with Crippen molar-refractivity contribution in [2.45, 2.75) is 37.6 Å². The first-order valence-corrected chi connectivity index (χ1v) is 11.1. The number of aromatic nitrogens is 2. The fourth-order valence-electron chi connectivity index (χ4n) is 3.63. The molecule has 9 heteroatoms. The van der Waals surface area contributed by atoms with Gasteiger partial charge in [0.25, 0.3) is 0 Å². The molecule has 1 saturated heterocycles. The van der Waals surface area contributed by atoms with Crippen molar-refractivity contribution in [2.75, 3.05) is 18.1 Å². The fourth-order valence-corrected chi connectivity index (χ4v) is 6.13. The maximum absolute atomic E-state index is 12.7. The number of carbonyl (C=O) groups excluding carboxylic acids is 1. The lowest BCUT2D eigenvalue weighted by Crippen LogP contribution is -2.64. The Hall–Kier alpha value is -1.74. The number of amides is 1. The summed E-state index contributed by atoms with van der Waals surface area (Å²) in [5.41, 5.74) is 0.436. The third-order valence-electron chi connectivity index (χ3n) is 5.07. The van der Waals surface area contributed by atoms with Crippen molar-refractivity contribution in [3.63, 3.8) is 0 Å². The fraction of sp³-hybridized carbons (Fsp3) is 0.562. The van der Waals surface area contributed by atoms with Crippen LogP contribution < -0.4 is 0 Å². The van der Waals surface area contributed by atoms with Gasteiger partial charge in [0.15, 0.2) is 9.84 Å². The zero-order valence-electron chi connectivity index (χ0n) is 13.7. The summed E-state index contributed by atoms with van der Waals surface area (Å²) in [5.74, 6) is 1.10. The molecule has 4 rings (SSSR count). The molecule has 1 aliphatic heterocycles. The Bertz CT molecular complexity index is 869. The minimum Gasteiger partial charge on any atom is -0.339 e. The van der Waals surface area contributed by atoms with Crippen LogP contribution >= 0.6 is 11.3 Å². The van der Waals surface area contributed by atoms with Crippen LogP contribution in [0.4, 0.5) is 0 Å². The van der Waals surface area contributed by atoms with E-state index in [9.17, 15) is 13.2 Å². The van der Waals surface area contributed by atoms with Gasteiger partial charge in [0, 0.05) is 30.3 Å². The number of thiophene rings is 1. The summed E-state index contributed by atoms with van der Waals surface area (Å²) in [7, 11) is -3.04. The van der Waals surface area contributed by atoms with E-state index in [1.807, 2.05) is 16.8 Å². The monoisotopic (exact) mass is 381 g/mol. The third-order valence-corrected chi connectivity index (χ3v) is 7.54. The molecule has 0 radical (unpaired) electrons. The highest BCUT2D eigenvalue weighted by Crippen LogP contribution is 2.41. The van der Waals surface area contributed by atoms with Crippen LogP contribution in [-0.4, -0.2) is 53.0 Å². The minimum atomic E-state index is -3.04. The lowest BCUT2D eigenvalue weighted by Gasteiger charge is -2.52. The van der Waals surface area contributed by atoms with Gasteiger partial charge in [0.2, 0.25) is 17.6 Å². The number of hydrogen-bond acceptors (Lipinski definition) is 7. The van der Waals surface area contributed by atoms with Gasteiger partial charge in [-0.1, -0.05) is 5.16 Å². The molecule has 1 saturated carbocycles. The molecule has 134 valence electrons. The highest BCUT2D eigenvalue weighted by atomic mass is 32.2. The van der Waals surface area contributed by atoms with E-state index in [0.29, 0.717) is 24.7 Å². The third kappa shape index (κ3) is 3.22. The second-order valence-corrected chi connectivity index (χ2v) is 9.70. The predicted molar refractivity (Wildman–Crippen MR) is 92.9 cm³/mol. The van der Waals surface area contributed by atoms with Crippen LogP contribution in [0.25, 0.3) is 11.4 Å². The number of carbonyl (C=O) groups is 1. The largest absolute Gasteiger partial charge is 0.339 e. The van der Waals surface area contributed by atoms with E-state index in [1.54, 1.807) is 16.2 Å². The van der Waals surface area contributed by atoms with Gasteiger partial charge < -0.3 is 9.42 Å². The molecule has 7 nitrogen and oxygen atoms in total. The molecular weight excluding hydrogens is 362 g/mol. The smallest absolute Gasteiger partial charge is 0.227 e. The lowest BCUT2D eigenvalue weighted by atomic mass is 9.76. The second kappa shape index (κ2) is 6.21. The Balaban J connectivity index is 1.41. The van der Waals surface area contributed by atoms with Crippen molar-refractivity contribution in [1.82, 2.24) is 15.0 Å². The molecule has 1 amide bonds. The van der Waals surface area contributed by atoms with E-state index in [-0.39, 0.29) is 23.8 Å².